The molecular weight excluding hydrogens is 364 g/mol. The van der Waals surface area contributed by atoms with Crippen molar-refractivity contribution in [1.82, 2.24) is 4.90 Å². The molecule has 5 heteroatoms. The number of benzene rings is 2. The number of ether oxygens (including phenoxy) is 1. The first-order chi connectivity index (χ1) is 14.1. The molecule has 0 N–H and O–H groups in total. The molecule has 0 aliphatic carbocycles. The minimum Gasteiger partial charge on any atom is -0.494 e. The van der Waals surface area contributed by atoms with Crippen molar-refractivity contribution in [2.24, 2.45) is 0 Å². The van der Waals surface area contributed by atoms with Gasteiger partial charge in [0.1, 0.15) is 11.4 Å². The predicted molar refractivity (Wildman–Crippen MR) is 114 cm³/mol. The van der Waals surface area contributed by atoms with Crippen LogP contribution in [0.2, 0.25) is 0 Å². The zero-order chi connectivity index (χ0) is 20.4. The van der Waals surface area contributed by atoms with Crippen LogP contribution in [0.25, 0.3) is 5.57 Å². The number of amides is 2. The van der Waals surface area contributed by atoms with E-state index in [9.17, 15) is 9.59 Å². The van der Waals surface area contributed by atoms with Gasteiger partial charge in [-0.05, 0) is 56.0 Å². The predicted octanol–water partition coefficient (Wildman–Crippen LogP) is 4.16. The van der Waals surface area contributed by atoms with Crippen LogP contribution in [0.1, 0.15) is 37.3 Å². The van der Waals surface area contributed by atoms with Crippen LogP contribution in [0.15, 0.2) is 54.2 Å². The van der Waals surface area contributed by atoms with Gasteiger partial charge in [0.15, 0.2) is 0 Å². The number of anilines is 1. The van der Waals surface area contributed by atoms with Gasteiger partial charge in [-0.2, -0.15) is 0 Å². The Kier molecular flexibility index (Phi) is 5.38. The summed E-state index contributed by atoms with van der Waals surface area (Å²) in [5.41, 5.74) is 3.46. The Morgan fingerprint density at radius 1 is 0.897 bits per heavy atom. The summed E-state index contributed by atoms with van der Waals surface area (Å²) in [6.07, 6.45) is 3.00. The molecule has 2 aromatic rings. The number of carbonyl (C=O) groups is 2. The fourth-order valence-electron chi connectivity index (χ4n) is 3.88. The molecule has 0 unspecified atom stereocenters. The summed E-state index contributed by atoms with van der Waals surface area (Å²) in [6, 6.07) is 15.0. The van der Waals surface area contributed by atoms with Crippen LogP contribution in [-0.4, -0.2) is 36.4 Å². The Morgan fingerprint density at radius 3 is 2.17 bits per heavy atom. The van der Waals surface area contributed by atoms with Crippen LogP contribution >= 0.6 is 0 Å². The monoisotopic (exact) mass is 390 g/mol. The summed E-state index contributed by atoms with van der Waals surface area (Å²) < 4.78 is 5.66. The van der Waals surface area contributed by atoms with E-state index in [2.05, 4.69) is 11.8 Å². The van der Waals surface area contributed by atoms with Gasteiger partial charge < -0.3 is 9.64 Å². The Balaban J connectivity index is 1.73. The van der Waals surface area contributed by atoms with Gasteiger partial charge in [-0.25, -0.2) is 4.90 Å². The maximum absolute atomic E-state index is 13.4. The van der Waals surface area contributed by atoms with Crippen molar-refractivity contribution < 1.29 is 14.3 Å². The zero-order valence-electron chi connectivity index (χ0n) is 17.0. The number of rotatable bonds is 6. The Morgan fingerprint density at radius 2 is 1.55 bits per heavy atom. The first-order valence-electron chi connectivity index (χ1n) is 10.3. The van der Waals surface area contributed by atoms with Gasteiger partial charge in [-0.1, -0.05) is 36.8 Å². The topological polar surface area (TPSA) is 49.9 Å². The molecule has 1 saturated heterocycles. The van der Waals surface area contributed by atoms with E-state index in [0.717, 1.165) is 49.2 Å². The second kappa shape index (κ2) is 8.11. The molecule has 0 aromatic heterocycles. The van der Waals surface area contributed by atoms with Gasteiger partial charge in [-0.3, -0.25) is 9.59 Å². The van der Waals surface area contributed by atoms with E-state index in [4.69, 9.17) is 4.74 Å². The second-order valence-electron chi connectivity index (χ2n) is 7.57. The largest absolute Gasteiger partial charge is 0.494 e. The van der Waals surface area contributed by atoms with Crippen LogP contribution in [0.3, 0.4) is 0 Å². The molecule has 2 amide bonds. The summed E-state index contributed by atoms with van der Waals surface area (Å²) >= 11 is 0. The summed E-state index contributed by atoms with van der Waals surface area (Å²) in [4.78, 5) is 30.1. The number of hydrogen-bond acceptors (Lipinski definition) is 4. The Hall–Kier alpha value is -3.08. The standard InChI is InChI=1S/C24H26N2O3/c1-3-16-29-20-12-8-18(9-13-20)21-22(25-14-4-5-15-25)24(28)26(23(21)27)19-10-6-17(2)7-11-19/h6-13H,3-5,14-16H2,1-2H3. The number of aryl methyl sites for hydroxylation is 1. The molecule has 2 heterocycles. The molecule has 29 heavy (non-hydrogen) atoms. The molecule has 1 fully saturated rings. The van der Waals surface area contributed by atoms with Crippen LogP contribution in [0, 0.1) is 6.92 Å². The smallest absolute Gasteiger partial charge is 0.282 e. The lowest BCUT2D eigenvalue weighted by atomic mass is 10.0. The van der Waals surface area contributed by atoms with Gasteiger partial charge >= 0.3 is 0 Å². The third-order valence-electron chi connectivity index (χ3n) is 5.39. The fourth-order valence-corrected chi connectivity index (χ4v) is 3.88. The summed E-state index contributed by atoms with van der Waals surface area (Å²) in [5.74, 6) is 0.274. The number of hydrogen-bond donors (Lipinski definition) is 0. The van der Waals surface area contributed by atoms with Crippen LogP contribution in [0.5, 0.6) is 5.75 Å². The van der Waals surface area contributed by atoms with Crippen molar-refractivity contribution in [1.29, 1.82) is 0 Å². The minimum absolute atomic E-state index is 0.234. The van der Waals surface area contributed by atoms with E-state index < -0.39 is 0 Å². The third-order valence-corrected chi connectivity index (χ3v) is 5.39. The van der Waals surface area contributed by atoms with Crippen molar-refractivity contribution >= 4 is 23.1 Å². The number of nitrogens with zero attached hydrogens (tertiary/aromatic N) is 2. The Labute approximate surface area is 171 Å². The first kappa shape index (κ1) is 19.2. The molecule has 150 valence electrons. The van der Waals surface area contributed by atoms with Gasteiger partial charge in [0.05, 0.1) is 17.9 Å². The molecule has 0 bridgehead atoms. The summed E-state index contributed by atoms with van der Waals surface area (Å²) in [6.45, 7) is 6.30. The minimum atomic E-state index is -0.261. The first-order valence-corrected chi connectivity index (χ1v) is 10.3. The van der Waals surface area contributed by atoms with Crippen molar-refractivity contribution in [3.05, 3.63) is 65.4 Å². The van der Waals surface area contributed by atoms with Crippen LogP contribution in [0.4, 0.5) is 5.69 Å². The van der Waals surface area contributed by atoms with Crippen molar-refractivity contribution in [3.63, 3.8) is 0 Å². The second-order valence-corrected chi connectivity index (χ2v) is 7.57. The lowest BCUT2D eigenvalue weighted by Crippen LogP contribution is -2.34. The molecular formula is C24H26N2O3. The van der Waals surface area contributed by atoms with Crippen molar-refractivity contribution in [3.8, 4) is 5.75 Å². The molecule has 0 saturated carbocycles. The van der Waals surface area contributed by atoms with Gasteiger partial charge in [0.25, 0.3) is 11.8 Å². The summed E-state index contributed by atoms with van der Waals surface area (Å²) in [7, 11) is 0. The number of imide groups is 1. The molecule has 4 rings (SSSR count). The number of likely N-dealkylation sites (tertiary alicyclic amines) is 1. The number of carbonyl (C=O) groups excluding carboxylic acids is 2. The highest BCUT2D eigenvalue weighted by Gasteiger charge is 2.42. The van der Waals surface area contributed by atoms with E-state index in [1.54, 1.807) is 0 Å². The molecule has 0 atom stereocenters. The van der Waals surface area contributed by atoms with E-state index in [-0.39, 0.29) is 11.8 Å². The highest BCUT2D eigenvalue weighted by atomic mass is 16.5. The average Bonchev–Trinajstić information content (AvgIpc) is 3.34. The maximum atomic E-state index is 13.4. The van der Waals surface area contributed by atoms with E-state index >= 15 is 0 Å². The maximum Gasteiger partial charge on any atom is 0.282 e. The van der Waals surface area contributed by atoms with Crippen LogP contribution in [-0.2, 0) is 9.59 Å². The lowest BCUT2D eigenvalue weighted by molar-refractivity contribution is -0.120. The van der Waals surface area contributed by atoms with Crippen molar-refractivity contribution in [2.75, 3.05) is 24.6 Å². The molecule has 0 radical (unpaired) electrons. The molecule has 2 aliphatic rings. The van der Waals surface area contributed by atoms with E-state index in [0.29, 0.717) is 23.6 Å². The van der Waals surface area contributed by atoms with Gasteiger partial charge in [0, 0.05) is 13.1 Å². The van der Waals surface area contributed by atoms with E-state index in [1.165, 1.54) is 4.90 Å². The quantitative estimate of drug-likeness (QED) is 0.695. The summed E-state index contributed by atoms with van der Waals surface area (Å²) in [5, 5.41) is 0. The van der Waals surface area contributed by atoms with Gasteiger partial charge in [-0.15, -0.1) is 0 Å². The fraction of sp³-hybridized carbons (Fsp3) is 0.333. The molecule has 2 aliphatic heterocycles. The Bertz CT molecular complexity index is 939. The van der Waals surface area contributed by atoms with Gasteiger partial charge in [0.2, 0.25) is 0 Å². The normalized spacial score (nSPS) is 16.9. The average molecular weight is 390 g/mol. The van der Waals surface area contributed by atoms with E-state index in [1.807, 2.05) is 55.5 Å². The van der Waals surface area contributed by atoms with Crippen LogP contribution < -0.4 is 9.64 Å². The highest BCUT2D eigenvalue weighted by Crippen LogP contribution is 2.36. The highest BCUT2D eigenvalue weighted by molar-refractivity contribution is 6.45. The third kappa shape index (κ3) is 3.65. The molecule has 5 nitrogen and oxygen atoms in total. The molecule has 0 spiro atoms. The zero-order valence-corrected chi connectivity index (χ0v) is 17.0. The SMILES string of the molecule is CCCOc1ccc(C2=C(N3CCCC3)C(=O)N(c3ccc(C)cc3)C2=O)cc1. The van der Waals surface area contributed by atoms with Crippen molar-refractivity contribution in [2.45, 2.75) is 33.1 Å². The molecule has 2 aromatic carbocycles. The lowest BCUT2D eigenvalue weighted by Gasteiger charge is -2.20.